The number of nitrogens with zero attached hydrogens (tertiary/aromatic N) is 2. The normalized spacial score (nSPS) is 14.1. The van der Waals surface area contributed by atoms with E-state index in [9.17, 15) is 0 Å². The number of oxime groups is 1. The van der Waals surface area contributed by atoms with Crippen LogP contribution in [0, 0.1) is 3.57 Å². The Morgan fingerprint density at radius 1 is 1.50 bits per heavy atom. The van der Waals surface area contributed by atoms with E-state index in [4.69, 9.17) is 10.9 Å². The van der Waals surface area contributed by atoms with Crippen molar-refractivity contribution >= 4 is 28.4 Å². The zero-order valence-corrected chi connectivity index (χ0v) is 11.5. The fourth-order valence-corrected chi connectivity index (χ4v) is 1.68. The Hall–Kier alpha value is -0.820. The third kappa shape index (κ3) is 3.64. The SMILES string of the molecule is CC(C(N)=NO)N(C)Cc1ccc(I)cc1. The summed E-state index contributed by atoms with van der Waals surface area (Å²) in [7, 11) is 1.95. The zero-order valence-electron chi connectivity index (χ0n) is 9.39. The molecule has 16 heavy (non-hydrogen) atoms. The summed E-state index contributed by atoms with van der Waals surface area (Å²) in [5.74, 6) is 0.230. The van der Waals surface area contributed by atoms with Gasteiger partial charge in [0.1, 0.15) is 0 Å². The lowest BCUT2D eigenvalue weighted by Gasteiger charge is -2.23. The molecule has 1 atom stereocenters. The highest BCUT2D eigenvalue weighted by molar-refractivity contribution is 14.1. The molecule has 0 amide bonds. The van der Waals surface area contributed by atoms with Crippen molar-refractivity contribution in [3.63, 3.8) is 0 Å². The minimum absolute atomic E-state index is 0.0794. The van der Waals surface area contributed by atoms with Gasteiger partial charge in [-0.15, -0.1) is 0 Å². The Kier molecular flexibility index (Phi) is 5.01. The number of likely N-dealkylation sites (N-methyl/N-ethyl adjacent to an activating group) is 1. The van der Waals surface area contributed by atoms with Crippen LogP contribution < -0.4 is 5.73 Å². The van der Waals surface area contributed by atoms with Gasteiger partial charge in [-0.05, 0) is 54.3 Å². The molecule has 0 aromatic heterocycles. The van der Waals surface area contributed by atoms with Gasteiger partial charge in [0.15, 0.2) is 5.84 Å². The highest BCUT2D eigenvalue weighted by Crippen LogP contribution is 2.10. The summed E-state index contributed by atoms with van der Waals surface area (Å²) in [6.45, 7) is 2.68. The van der Waals surface area contributed by atoms with E-state index in [0.717, 1.165) is 6.54 Å². The average molecular weight is 333 g/mol. The summed E-state index contributed by atoms with van der Waals surface area (Å²) >= 11 is 2.27. The smallest absolute Gasteiger partial charge is 0.156 e. The molecule has 0 spiro atoms. The first kappa shape index (κ1) is 13.2. The zero-order chi connectivity index (χ0) is 12.1. The topological polar surface area (TPSA) is 61.9 Å². The molecule has 1 aromatic rings. The van der Waals surface area contributed by atoms with Gasteiger partial charge in [0.2, 0.25) is 0 Å². The molecule has 4 nitrogen and oxygen atoms in total. The summed E-state index contributed by atoms with van der Waals surface area (Å²) in [6.07, 6.45) is 0. The number of benzene rings is 1. The van der Waals surface area contributed by atoms with E-state index in [1.807, 2.05) is 18.9 Å². The first-order valence-electron chi connectivity index (χ1n) is 4.96. The summed E-state index contributed by atoms with van der Waals surface area (Å²) in [6, 6.07) is 8.22. The Bertz CT molecular complexity index is 364. The highest BCUT2D eigenvalue weighted by Gasteiger charge is 2.13. The summed E-state index contributed by atoms with van der Waals surface area (Å²) in [5, 5.41) is 11.6. The molecule has 0 aliphatic carbocycles. The minimum atomic E-state index is -0.0794. The second kappa shape index (κ2) is 6.05. The molecule has 0 saturated carbocycles. The number of hydrogen-bond acceptors (Lipinski definition) is 3. The first-order chi connectivity index (χ1) is 7.54. The van der Waals surface area contributed by atoms with Crippen LogP contribution in [-0.4, -0.2) is 29.0 Å². The van der Waals surface area contributed by atoms with Gasteiger partial charge in [-0.2, -0.15) is 0 Å². The van der Waals surface area contributed by atoms with E-state index in [1.54, 1.807) is 0 Å². The molecule has 0 radical (unpaired) electrons. The number of nitrogens with two attached hydrogens (primary N) is 1. The van der Waals surface area contributed by atoms with Gasteiger partial charge in [-0.3, -0.25) is 4.90 Å². The van der Waals surface area contributed by atoms with Crippen LogP contribution in [0.15, 0.2) is 29.4 Å². The van der Waals surface area contributed by atoms with Crippen LogP contribution in [0.1, 0.15) is 12.5 Å². The van der Waals surface area contributed by atoms with Crippen molar-refractivity contribution in [1.29, 1.82) is 0 Å². The molecule has 0 bridgehead atoms. The Morgan fingerprint density at radius 2 is 2.06 bits per heavy atom. The standard InChI is InChI=1S/C11H16IN3O/c1-8(11(13)14-16)15(2)7-9-3-5-10(12)6-4-9/h3-6,8,16H,7H2,1-2H3,(H2,13,14). The third-order valence-corrected chi connectivity index (χ3v) is 3.27. The second-order valence-corrected chi connectivity index (χ2v) is 4.99. The van der Waals surface area contributed by atoms with E-state index >= 15 is 0 Å². The van der Waals surface area contributed by atoms with Crippen molar-refractivity contribution in [2.45, 2.75) is 19.5 Å². The van der Waals surface area contributed by atoms with Crippen LogP contribution in [0.3, 0.4) is 0 Å². The van der Waals surface area contributed by atoms with Crippen molar-refractivity contribution in [3.8, 4) is 0 Å². The molecule has 88 valence electrons. The molecule has 3 N–H and O–H groups in total. The van der Waals surface area contributed by atoms with E-state index in [2.05, 4.69) is 52.0 Å². The lowest BCUT2D eigenvalue weighted by atomic mass is 10.2. The maximum absolute atomic E-state index is 8.59. The molecule has 1 unspecified atom stereocenters. The van der Waals surface area contributed by atoms with Crippen molar-refractivity contribution in [2.75, 3.05) is 7.05 Å². The number of halogens is 1. The molecule has 0 heterocycles. The monoisotopic (exact) mass is 333 g/mol. The quantitative estimate of drug-likeness (QED) is 0.291. The summed E-state index contributed by atoms with van der Waals surface area (Å²) in [4.78, 5) is 2.03. The second-order valence-electron chi connectivity index (χ2n) is 3.74. The largest absolute Gasteiger partial charge is 0.409 e. The summed E-state index contributed by atoms with van der Waals surface area (Å²) < 4.78 is 1.22. The van der Waals surface area contributed by atoms with Gasteiger partial charge < -0.3 is 10.9 Å². The number of hydrogen-bond donors (Lipinski definition) is 2. The molecular formula is C11H16IN3O. The van der Waals surface area contributed by atoms with Crippen LogP contribution in [0.4, 0.5) is 0 Å². The fraction of sp³-hybridized carbons (Fsp3) is 0.364. The van der Waals surface area contributed by atoms with Crippen LogP contribution in [-0.2, 0) is 6.54 Å². The molecule has 0 saturated heterocycles. The molecule has 1 rings (SSSR count). The molecule has 0 aliphatic rings. The van der Waals surface area contributed by atoms with Crippen LogP contribution >= 0.6 is 22.6 Å². The van der Waals surface area contributed by atoms with E-state index in [-0.39, 0.29) is 11.9 Å². The third-order valence-electron chi connectivity index (χ3n) is 2.55. The number of amidine groups is 1. The van der Waals surface area contributed by atoms with Crippen LogP contribution in [0.25, 0.3) is 0 Å². The maximum atomic E-state index is 8.59. The van der Waals surface area contributed by atoms with E-state index in [1.165, 1.54) is 9.13 Å². The van der Waals surface area contributed by atoms with Crippen molar-refractivity contribution in [1.82, 2.24) is 4.90 Å². The van der Waals surface area contributed by atoms with Gasteiger partial charge in [-0.1, -0.05) is 17.3 Å². The first-order valence-corrected chi connectivity index (χ1v) is 6.04. The molecular weight excluding hydrogens is 317 g/mol. The molecule has 1 aromatic carbocycles. The maximum Gasteiger partial charge on any atom is 0.156 e. The van der Waals surface area contributed by atoms with E-state index in [0.29, 0.717) is 0 Å². The Labute approximate surface area is 109 Å². The minimum Gasteiger partial charge on any atom is -0.409 e. The summed E-state index contributed by atoms with van der Waals surface area (Å²) in [5.41, 5.74) is 6.76. The van der Waals surface area contributed by atoms with Gasteiger partial charge in [0.25, 0.3) is 0 Å². The predicted octanol–water partition coefficient (Wildman–Crippen LogP) is 1.86. The van der Waals surface area contributed by atoms with Crippen LogP contribution in [0.2, 0.25) is 0 Å². The molecule has 0 aliphatic heterocycles. The Morgan fingerprint density at radius 3 is 2.56 bits per heavy atom. The number of rotatable bonds is 4. The predicted molar refractivity (Wildman–Crippen MR) is 73.5 cm³/mol. The van der Waals surface area contributed by atoms with Gasteiger partial charge >= 0.3 is 0 Å². The van der Waals surface area contributed by atoms with Crippen molar-refractivity contribution < 1.29 is 5.21 Å². The van der Waals surface area contributed by atoms with Crippen LogP contribution in [0.5, 0.6) is 0 Å². The lowest BCUT2D eigenvalue weighted by Crippen LogP contribution is -2.40. The molecule has 0 fully saturated rings. The highest BCUT2D eigenvalue weighted by atomic mass is 127. The average Bonchev–Trinajstić information content (AvgIpc) is 2.30. The fourth-order valence-electron chi connectivity index (χ4n) is 1.32. The van der Waals surface area contributed by atoms with Crippen molar-refractivity contribution in [3.05, 3.63) is 33.4 Å². The van der Waals surface area contributed by atoms with E-state index < -0.39 is 0 Å². The Balaban J connectivity index is 2.64. The van der Waals surface area contributed by atoms with Gasteiger partial charge in [0, 0.05) is 10.1 Å². The molecule has 5 heteroatoms. The van der Waals surface area contributed by atoms with Gasteiger partial charge in [-0.25, -0.2) is 0 Å². The van der Waals surface area contributed by atoms with Gasteiger partial charge in [0.05, 0.1) is 6.04 Å². The lowest BCUT2D eigenvalue weighted by molar-refractivity contribution is 0.279. The van der Waals surface area contributed by atoms with Crippen molar-refractivity contribution in [2.24, 2.45) is 10.9 Å².